The Morgan fingerprint density at radius 2 is 1.78 bits per heavy atom. The summed E-state index contributed by atoms with van der Waals surface area (Å²) >= 11 is 6.17. The van der Waals surface area contributed by atoms with Gasteiger partial charge in [-0.2, -0.15) is 0 Å². The first-order valence-corrected chi connectivity index (χ1v) is 10.5. The Bertz CT molecular complexity index is 1570. The SMILES string of the molecule is Cc1ccc(-n2[nH]c3c(cnc4ccc(C(=O)Nc5ccc(C)c(Cl)c5)cc43)c2=O)cc1. The number of amides is 1. The number of halogens is 1. The molecule has 1 amide bonds. The lowest BCUT2D eigenvalue weighted by atomic mass is 10.1. The van der Waals surface area contributed by atoms with Crippen molar-refractivity contribution in [2.45, 2.75) is 13.8 Å². The molecule has 0 aliphatic rings. The van der Waals surface area contributed by atoms with Crippen molar-refractivity contribution >= 4 is 45.0 Å². The van der Waals surface area contributed by atoms with E-state index in [1.807, 2.05) is 44.2 Å². The monoisotopic (exact) mass is 442 g/mol. The van der Waals surface area contributed by atoms with Crippen molar-refractivity contribution in [3.05, 3.63) is 98.9 Å². The molecule has 7 heteroatoms. The molecule has 6 nitrogen and oxygen atoms in total. The lowest BCUT2D eigenvalue weighted by Gasteiger charge is -2.08. The van der Waals surface area contributed by atoms with E-state index in [1.54, 1.807) is 36.5 Å². The fourth-order valence-electron chi connectivity index (χ4n) is 3.65. The Labute approximate surface area is 188 Å². The minimum atomic E-state index is -0.274. The van der Waals surface area contributed by atoms with Crippen molar-refractivity contribution in [3.63, 3.8) is 0 Å². The number of carbonyl (C=O) groups is 1. The molecule has 5 rings (SSSR count). The minimum absolute atomic E-state index is 0.192. The Hall–Kier alpha value is -3.90. The first-order chi connectivity index (χ1) is 15.4. The molecule has 2 heterocycles. The van der Waals surface area contributed by atoms with Gasteiger partial charge in [-0.3, -0.25) is 19.7 Å². The van der Waals surface area contributed by atoms with E-state index in [0.29, 0.717) is 38.1 Å². The van der Waals surface area contributed by atoms with Gasteiger partial charge in [-0.15, -0.1) is 0 Å². The third kappa shape index (κ3) is 3.44. The van der Waals surface area contributed by atoms with E-state index < -0.39 is 0 Å². The molecule has 32 heavy (non-hydrogen) atoms. The summed E-state index contributed by atoms with van der Waals surface area (Å²) in [6.07, 6.45) is 1.56. The second-order valence-electron chi connectivity index (χ2n) is 7.78. The summed E-state index contributed by atoms with van der Waals surface area (Å²) in [4.78, 5) is 30.3. The average molecular weight is 443 g/mol. The van der Waals surface area contributed by atoms with Gasteiger partial charge in [-0.1, -0.05) is 35.4 Å². The highest BCUT2D eigenvalue weighted by molar-refractivity contribution is 6.31. The van der Waals surface area contributed by atoms with Crippen molar-refractivity contribution in [2.24, 2.45) is 0 Å². The summed E-state index contributed by atoms with van der Waals surface area (Å²) in [6, 6.07) is 18.3. The van der Waals surface area contributed by atoms with Crippen LogP contribution in [0.4, 0.5) is 5.69 Å². The van der Waals surface area contributed by atoms with Gasteiger partial charge in [-0.25, -0.2) is 4.68 Å². The third-order valence-electron chi connectivity index (χ3n) is 5.51. The molecule has 0 unspecified atom stereocenters. The van der Waals surface area contributed by atoms with Gasteiger partial charge in [0.2, 0.25) is 0 Å². The number of anilines is 1. The second kappa shape index (κ2) is 7.66. The van der Waals surface area contributed by atoms with Crippen molar-refractivity contribution < 1.29 is 4.79 Å². The lowest BCUT2D eigenvalue weighted by Crippen LogP contribution is -2.14. The summed E-state index contributed by atoms with van der Waals surface area (Å²) in [5, 5.41) is 7.79. The first kappa shape index (κ1) is 20.0. The van der Waals surface area contributed by atoms with Crippen LogP contribution in [0.15, 0.2) is 71.7 Å². The number of aromatic amines is 1. The molecule has 0 atom stereocenters. The highest BCUT2D eigenvalue weighted by Crippen LogP contribution is 2.24. The molecular formula is C25H19ClN4O2. The summed E-state index contributed by atoms with van der Waals surface area (Å²) in [5.74, 6) is -0.274. The van der Waals surface area contributed by atoms with E-state index in [1.165, 1.54) is 4.68 Å². The van der Waals surface area contributed by atoms with Crippen LogP contribution in [-0.2, 0) is 0 Å². The number of aryl methyl sites for hydroxylation is 2. The van der Waals surface area contributed by atoms with E-state index in [4.69, 9.17) is 11.6 Å². The summed E-state index contributed by atoms with van der Waals surface area (Å²) in [6.45, 7) is 3.89. The van der Waals surface area contributed by atoms with Crippen molar-refractivity contribution in [2.75, 3.05) is 5.32 Å². The quantitative estimate of drug-likeness (QED) is 0.393. The first-order valence-electron chi connectivity index (χ1n) is 10.1. The largest absolute Gasteiger partial charge is 0.322 e. The summed E-state index contributed by atoms with van der Waals surface area (Å²) in [5.41, 5.74) is 4.96. The fourth-order valence-corrected chi connectivity index (χ4v) is 3.83. The van der Waals surface area contributed by atoms with Crippen LogP contribution in [0.5, 0.6) is 0 Å². The number of carbonyl (C=O) groups excluding carboxylic acids is 1. The topological polar surface area (TPSA) is 79.8 Å². The molecule has 5 aromatic rings. The number of pyridine rings is 1. The maximum Gasteiger partial charge on any atom is 0.280 e. The number of fused-ring (bicyclic) bond motifs is 3. The third-order valence-corrected chi connectivity index (χ3v) is 5.92. The number of nitrogens with zero attached hydrogens (tertiary/aromatic N) is 2. The lowest BCUT2D eigenvalue weighted by molar-refractivity contribution is 0.102. The van der Waals surface area contributed by atoms with Crippen LogP contribution in [0.25, 0.3) is 27.5 Å². The standard InChI is InChI=1S/C25H19ClN4O2/c1-14-3-8-18(9-4-14)30-25(32)20-13-27-22-10-6-16(11-19(22)23(20)29-30)24(31)28-17-7-5-15(2)21(26)12-17/h3-13,29H,1-2H3,(H,28,31). The minimum Gasteiger partial charge on any atom is -0.322 e. The van der Waals surface area contributed by atoms with E-state index >= 15 is 0 Å². The molecule has 0 saturated carbocycles. The number of aromatic nitrogens is 3. The molecule has 2 N–H and O–H groups in total. The van der Waals surface area contributed by atoms with Gasteiger partial charge < -0.3 is 5.32 Å². The van der Waals surface area contributed by atoms with Crippen LogP contribution < -0.4 is 10.9 Å². The zero-order valence-electron chi connectivity index (χ0n) is 17.4. The predicted molar refractivity (Wildman–Crippen MR) is 128 cm³/mol. The van der Waals surface area contributed by atoms with Gasteiger partial charge in [0.1, 0.15) is 0 Å². The van der Waals surface area contributed by atoms with Crippen LogP contribution in [-0.4, -0.2) is 20.7 Å². The van der Waals surface area contributed by atoms with Crippen molar-refractivity contribution in [1.82, 2.24) is 14.8 Å². The zero-order chi connectivity index (χ0) is 22.4. The molecule has 0 radical (unpaired) electrons. The Balaban J connectivity index is 1.59. The molecule has 0 fully saturated rings. The number of hydrogen-bond donors (Lipinski definition) is 2. The van der Waals surface area contributed by atoms with Crippen LogP contribution in [0.2, 0.25) is 5.02 Å². The summed E-state index contributed by atoms with van der Waals surface area (Å²) < 4.78 is 1.49. The second-order valence-corrected chi connectivity index (χ2v) is 8.19. The molecule has 0 saturated heterocycles. The van der Waals surface area contributed by atoms with Gasteiger partial charge >= 0.3 is 0 Å². The van der Waals surface area contributed by atoms with Crippen molar-refractivity contribution in [1.29, 1.82) is 0 Å². The number of H-pyrrole nitrogens is 1. The maximum absolute atomic E-state index is 13.0. The molecule has 158 valence electrons. The van der Waals surface area contributed by atoms with E-state index in [0.717, 1.165) is 16.8 Å². The van der Waals surface area contributed by atoms with Crippen molar-refractivity contribution in [3.8, 4) is 5.69 Å². The molecule has 0 spiro atoms. The molecule has 0 aliphatic carbocycles. The molecule has 3 aromatic carbocycles. The Morgan fingerprint density at radius 1 is 1.00 bits per heavy atom. The summed E-state index contributed by atoms with van der Waals surface area (Å²) in [7, 11) is 0. The van der Waals surface area contributed by atoms with Gasteiger partial charge in [0.05, 0.1) is 22.1 Å². The average Bonchev–Trinajstić information content (AvgIpc) is 3.13. The van der Waals surface area contributed by atoms with Crippen LogP contribution >= 0.6 is 11.6 Å². The molecule has 2 aromatic heterocycles. The zero-order valence-corrected chi connectivity index (χ0v) is 18.2. The van der Waals surface area contributed by atoms with Gasteiger partial charge in [-0.05, 0) is 61.9 Å². The number of hydrogen-bond acceptors (Lipinski definition) is 3. The Morgan fingerprint density at radius 3 is 2.53 bits per heavy atom. The van der Waals surface area contributed by atoms with Gasteiger partial charge in [0.15, 0.2) is 0 Å². The van der Waals surface area contributed by atoms with Crippen LogP contribution in [0.1, 0.15) is 21.5 Å². The normalized spacial score (nSPS) is 11.2. The number of nitrogens with one attached hydrogen (secondary N) is 2. The maximum atomic E-state index is 13.0. The van der Waals surface area contributed by atoms with Crippen LogP contribution in [0, 0.1) is 13.8 Å². The van der Waals surface area contributed by atoms with Gasteiger partial charge in [0.25, 0.3) is 11.5 Å². The highest BCUT2D eigenvalue weighted by atomic mass is 35.5. The van der Waals surface area contributed by atoms with E-state index in [9.17, 15) is 9.59 Å². The van der Waals surface area contributed by atoms with Crippen LogP contribution in [0.3, 0.4) is 0 Å². The molecule has 0 bridgehead atoms. The predicted octanol–water partition coefficient (Wildman–Crippen LogP) is 5.39. The van der Waals surface area contributed by atoms with E-state index in [-0.39, 0.29) is 11.5 Å². The Kier molecular flexibility index (Phi) is 4.79. The molecular weight excluding hydrogens is 424 g/mol. The van der Waals surface area contributed by atoms with E-state index in [2.05, 4.69) is 15.4 Å². The smallest absolute Gasteiger partial charge is 0.280 e. The highest BCUT2D eigenvalue weighted by Gasteiger charge is 2.14. The number of rotatable bonds is 3. The fraction of sp³-hybridized carbons (Fsp3) is 0.0800. The molecule has 0 aliphatic heterocycles. The van der Waals surface area contributed by atoms with Gasteiger partial charge in [0, 0.05) is 27.9 Å². The number of benzene rings is 3.